The van der Waals surface area contributed by atoms with Crippen LogP contribution in [-0.2, 0) is 38.6 Å². The molecule has 8 heteroatoms. The summed E-state index contributed by atoms with van der Waals surface area (Å²) in [5.74, 6) is 0.768. The first-order valence-corrected chi connectivity index (χ1v) is 17.7. The van der Waals surface area contributed by atoms with E-state index >= 15 is 0 Å². The molecule has 0 aliphatic carbocycles. The molecule has 262 valence electrons. The van der Waals surface area contributed by atoms with Gasteiger partial charge in [0.1, 0.15) is 23.7 Å². The molecule has 5 rings (SSSR count). The molecule has 0 bridgehead atoms. The van der Waals surface area contributed by atoms with Gasteiger partial charge in [-0.2, -0.15) is 0 Å². The maximum absolute atomic E-state index is 11.4. The van der Waals surface area contributed by atoms with Crippen LogP contribution in [0.15, 0.2) is 97.1 Å². The molecule has 4 aromatic rings. The molecule has 0 unspecified atom stereocenters. The van der Waals surface area contributed by atoms with Gasteiger partial charge in [-0.15, -0.1) is 0 Å². The van der Waals surface area contributed by atoms with Crippen LogP contribution in [0.3, 0.4) is 0 Å². The number of benzene rings is 4. The Bertz CT molecular complexity index is 1530. The van der Waals surface area contributed by atoms with Crippen molar-refractivity contribution >= 4 is 11.6 Å². The summed E-state index contributed by atoms with van der Waals surface area (Å²) in [7, 11) is 0. The molecule has 1 heterocycles. The normalized spacial score (nSPS) is 20.7. The number of hydrogen-bond acceptors (Lipinski definition) is 7. The lowest BCUT2D eigenvalue weighted by Gasteiger charge is -2.46. The molecule has 0 aromatic heterocycles. The summed E-state index contributed by atoms with van der Waals surface area (Å²) in [6.07, 6.45) is 1.14. The van der Waals surface area contributed by atoms with Gasteiger partial charge < -0.3 is 33.9 Å². The average Bonchev–Trinajstić information content (AvgIpc) is 3.12. The quantitative estimate of drug-likeness (QED) is 0.101. The summed E-state index contributed by atoms with van der Waals surface area (Å²) in [6.45, 7) is 6.54. The zero-order valence-corrected chi connectivity index (χ0v) is 29.3. The monoisotopic (exact) mass is 688 g/mol. The van der Waals surface area contributed by atoms with Gasteiger partial charge in [-0.05, 0) is 79.1 Å². The Morgan fingerprint density at radius 3 is 2.06 bits per heavy atom. The molecule has 1 aliphatic rings. The first kappa shape index (κ1) is 36.8. The lowest BCUT2D eigenvalue weighted by Crippen LogP contribution is -2.53. The van der Waals surface area contributed by atoms with Gasteiger partial charge in [-0.3, -0.25) is 0 Å². The first-order chi connectivity index (χ1) is 24.0. The van der Waals surface area contributed by atoms with Crippen LogP contribution in [-0.4, -0.2) is 55.0 Å². The smallest absolute Gasteiger partial charge is 0.122 e. The average molecular weight is 689 g/mol. The van der Waals surface area contributed by atoms with Crippen molar-refractivity contribution in [2.75, 3.05) is 26.4 Å². The number of hydrogen-bond donors (Lipinski definition) is 2. The van der Waals surface area contributed by atoms with Crippen LogP contribution in [0, 0.1) is 5.92 Å². The molecule has 49 heavy (non-hydrogen) atoms. The Morgan fingerprint density at radius 1 is 0.776 bits per heavy atom. The number of aliphatic hydroxyl groups excluding tert-OH is 1. The van der Waals surface area contributed by atoms with E-state index in [0.717, 1.165) is 47.3 Å². The highest BCUT2D eigenvalue weighted by Gasteiger charge is 2.47. The van der Waals surface area contributed by atoms with Gasteiger partial charge in [0.15, 0.2) is 0 Å². The molecule has 2 N–H and O–H groups in total. The maximum Gasteiger partial charge on any atom is 0.122 e. The second kappa shape index (κ2) is 19.1. The van der Waals surface area contributed by atoms with E-state index in [4.69, 9.17) is 40.4 Å². The van der Waals surface area contributed by atoms with Crippen LogP contribution in [0.25, 0.3) is 0 Å². The molecule has 4 aromatic carbocycles. The zero-order chi connectivity index (χ0) is 34.4. The van der Waals surface area contributed by atoms with E-state index in [-0.39, 0.29) is 30.5 Å². The van der Waals surface area contributed by atoms with Crippen molar-refractivity contribution in [3.8, 4) is 11.5 Å². The van der Waals surface area contributed by atoms with Crippen molar-refractivity contribution in [3.05, 3.63) is 130 Å². The topological polar surface area (TPSA) is 86.6 Å². The molecule has 0 amide bonds. The summed E-state index contributed by atoms with van der Waals surface area (Å²) in [6, 6.07) is 31.6. The highest BCUT2D eigenvalue weighted by molar-refractivity contribution is 6.31. The third kappa shape index (κ3) is 10.5. The van der Waals surface area contributed by atoms with Crippen molar-refractivity contribution in [1.82, 2.24) is 0 Å². The van der Waals surface area contributed by atoms with Crippen LogP contribution < -0.4 is 4.74 Å². The number of rotatable bonds is 18. The summed E-state index contributed by atoms with van der Waals surface area (Å²) >= 11 is 6.75. The molecule has 5 atom stereocenters. The van der Waals surface area contributed by atoms with Crippen molar-refractivity contribution in [3.63, 3.8) is 0 Å². The van der Waals surface area contributed by atoms with Gasteiger partial charge in [-0.25, -0.2) is 0 Å². The number of halogens is 1. The number of ether oxygens (including phenoxy) is 5. The molecule has 1 fully saturated rings. The maximum atomic E-state index is 11.4. The molecular formula is C41H49ClO7. The van der Waals surface area contributed by atoms with Crippen molar-refractivity contribution in [1.29, 1.82) is 0 Å². The van der Waals surface area contributed by atoms with Gasteiger partial charge in [0.25, 0.3) is 0 Å². The van der Waals surface area contributed by atoms with E-state index in [1.807, 2.05) is 97.9 Å². The fraction of sp³-hybridized carbons (Fsp3) is 0.415. The third-order valence-corrected chi connectivity index (χ3v) is 9.33. The Balaban J connectivity index is 1.47. The van der Waals surface area contributed by atoms with Gasteiger partial charge in [0.2, 0.25) is 0 Å². The lowest BCUT2D eigenvalue weighted by molar-refractivity contribution is -0.243. The number of aliphatic hydroxyl groups is 1. The summed E-state index contributed by atoms with van der Waals surface area (Å²) < 4.78 is 32.1. The molecular weight excluding hydrogens is 640 g/mol. The first-order valence-electron chi connectivity index (χ1n) is 17.3. The predicted octanol–water partition coefficient (Wildman–Crippen LogP) is 8.46. The standard InChI is InChI=1S/C41H49ClO7/c1-3-46-34-19-17-30(18-20-34)23-33-24-35(37(44)25-36(33)42)40-41(48-27-32-15-9-5-10-16-32)39(47-26-31-13-7-4-8-14-31)29(2)38(49-40)28-45-22-12-6-11-21-43/h4-5,7-10,13-20,24-25,29,38-41,43-44H,3,6,11-12,21-23,26-28H2,1-2H3/t29-,38-,39+,40+,41-/m1/s1. The lowest BCUT2D eigenvalue weighted by atomic mass is 9.84. The second-order valence-electron chi connectivity index (χ2n) is 12.6. The summed E-state index contributed by atoms with van der Waals surface area (Å²) in [5.41, 5.74) is 4.61. The van der Waals surface area contributed by atoms with Crippen LogP contribution in [0.1, 0.15) is 67.0 Å². The number of unbranched alkanes of at least 4 members (excludes halogenated alkanes) is 2. The SMILES string of the molecule is CCOc1ccc(Cc2cc([C@@H]3O[C@H](COCCCCCO)[C@@H](C)[C@H](OCc4ccccc4)[C@H]3OCc3ccccc3)c(O)cc2Cl)cc1. The van der Waals surface area contributed by atoms with Crippen molar-refractivity contribution in [2.45, 2.75) is 77.2 Å². The largest absolute Gasteiger partial charge is 0.508 e. The minimum Gasteiger partial charge on any atom is -0.508 e. The van der Waals surface area contributed by atoms with Crippen molar-refractivity contribution in [2.24, 2.45) is 5.92 Å². The van der Waals surface area contributed by atoms with Gasteiger partial charge in [0, 0.05) is 29.7 Å². The van der Waals surface area contributed by atoms with Crippen LogP contribution in [0.4, 0.5) is 0 Å². The van der Waals surface area contributed by atoms with E-state index < -0.39 is 12.2 Å². The molecule has 1 saturated heterocycles. The fourth-order valence-corrected chi connectivity index (χ4v) is 6.47. The van der Waals surface area contributed by atoms with E-state index in [1.54, 1.807) is 6.07 Å². The highest BCUT2D eigenvalue weighted by Crippen LogP contribution is 2.43. The van der Waals surface area contributed by atoms with Crippen LogP contribution >= 0.6 is 11.6 Å². The number of phenolic OH excluding ortho intramolecular Hbond substituents is 1. The third-order valence-electron chi connectivity index (χ3n) is 8.98. The summed E-state index contributed by atoms with van der Waals surface area (Å²) in [5, 5.41) is 21.1. The van der Waals surface area contributed by atoms with E-state index in [9.17, 15) is 5.11 Å². The Hall–Kier alpha value is -3.43. The fourth-order valence-electron chi connectivity index (χ4n) is 6.25. The van der Waals surface area contributed by atoms with E-state index in [1.165, 1.54) is 0 Å². The molecule has 0 spiro atoms. The second-order valence-corrected chi connectivity index (χ2v) is 13.0. The molecule has 0 saturated carbocycles. The summed E-state index contributed by atoms with van der Waals surface area (Å²) in [4.78, 5) is 0. The Labute approximate surface area is 295 Å². The van der Waals surface area contributed by atoms with Gasteiger partial charge in [-0.1, -0.05) is 91.3 Å². The minimum absolute atomic E-state index is 0.0405. The number of phenols is 1. The number of aromatic hydroxyl groups is 1. The molecule has 0 radical (unpaired) electrons. The van der Waals surface area contributed by atoms with Crippen LogP contribution in [0.2, 0.25) is 5.02 Å². The minimum atomic E-state index is -0.667. The van der Waals surface area contributed by atoms with E-state index in [2.05, 4.69) is 6.92 Å². The zero-order valence-electron chi connectivity index (χ0n) is 28.5. The predicted molar refractivity (Wildman–Crippen MR) is 192 cm³/mol. The molecule has 1 aliphatic heterocycles. The van der Waals surface area contributed by atoms with E-state index in [0.29, 0.717) is 50.0 Å². The Morgan fingerprint density at radius 2 is 1.43 bits per heavy atom. The van der Waals surface area contributed by atoms with Gasteiger partial charge in [0.05, 0.1) is 38.6 Å². The molecule has 7 nitrogen and oxygen atoms in total. The van der Waals surface area contributed by atoms with Gasteiger partial charge >= 0.3 is 0 Å². The Kier molecular flexibility index (Phi) is 14.4. The highest BCUT2D eigenvalue weighted by atomic mass is 35.5. The van der Waals surface area contributed by atoms with Crippen molar-refractivity contribution < 1.29 is 33.9 Å². The van der Waals surface area contributed by atoms with Crippen LogP contribution in [0.5, 0.6) is 11.5 Å².